The average Bonchev–Trinajstić information content (AvgIpc) is 2.80. The molecule has 0 aliphatic carbocycles. The SMILES string of the molecule is CNCc1oc2ccccc2c1CN1CC=C(C)CC1. The van der Waals surface area contributed by atoms with Crippen LogP contribution in [0.4, 0.5) is 0 Å². The van der Waals surface area contributed by atoms with Crippen molar-refractivity contribution < 1.29 is 4.42 Å². The van der Waals surface area contributed by atoms with E-state index < -0.39 is 0 Å². The molecule has 0 amide bonds. The maximum Gasteiger partial charge on any atom is 0.134 e. The highest BCUT2D eigenvalue weighted by molar-refractivity contribution is 5.82. The Morgan fingerprint density at radius 2 is 2.15 bits per heavy atom. The highest BCUT2D eigenvalue weighted by atomic mass is 16.3. The van der Waals surface area contributed by atoms with Gasteiger partial charge in [0.25, 0.3) is 0 Å². The van der Waals surface area contributed by atoms with Gasteiger partial charge in [-0.3, -0.25) is 4.90 Å². The molecule has 0 saturated heterocycles. The third-order valence-corrected chi connectivity index (χ3v) is 4.02. The molecular weight excluding hydrogens is 248 g/mol. The van der Waals surface area contributed by atoms with E-state index in [2.05, 4.69) is 41.4 Å². The lowest BCUT2D eigenvalue weighted by atomic mass is 10.1. The first kappa shape index (κ1) is 13.4. The summed E-state index contributed by atoms with van der Waals surface area (Å²) in [7, 11) is 1.96. The summed E-state index contributed by atoms with van der Waals surface area (Å²) in [6, 6.07) is 8.34. The van der Waals surface area contributed by atoms with Crippen molar-refractivity contribution in [2.75, 3.05) is 20.1 Å². The molecule has 1 aliphatic rings. The van der Waals surface area contributed by atoms with Crippen LogP contribution in [0.5, 0.6) is 0 Å². The van der Waals surface area contributed by atoms with Gasteiger partial charge in [0.15, 0.2) is 0 Å². The molecule has 0 radical (unpaired) electrons. The molecule has 0 unspecified atom stereocenters. The van der Waals surface area contributed by atoms with Gasteiger partial charge < -0.3 is 9.73 Å². The standard InChI is InChI=1S/C17H22N2O/c1-13-7-9-19(10-8-13)12-15-14-5-3-4-6-16(14)20-17(15)11-18-2/h3-7,18H,8-12H2,1-2H3. The van der Waals surface area contributed by atoms with Crippen molar-refractivity contribution in [3.05, 3.63) is 47.2 Å². The number of hydrogen-bond donors (Lipinski definition) is 1. The van der Waals surface area contributed by atoms with Crippen LogP contribution < -0.4 is 5.32 Å². The highest BCUT2D eigenvalue weighted by Gasteiger charge is 2.17. The van der Waals surface area contributed by atoms with E-state index in [9.17, 15) is 0 Å². The smallest absolute Gasteiger partial charge is 0.134 e. The Balaban J connectivity index is 1.90. The molecule has 1 N–H and O–H groups in total. The molecule has 1 aromatic carbocycles. The maximum atomic E-state index is 6.00. The Morgan fingerprint density at radius 1 is 1.30 bits per heavy atom. The molecule has 0 atom stereocenters. The second-order valence-corrected chi connectivity index (χ2v) is 5.57. The van der Waals surface area contributed by atoms with E-state index >= 15 is 0 Å². The summed E-state index contributed by atoms with van der Waals surface area (Å²) < 4.78 is 6.00. The molecule has 0 spiro atoms. The fourth-order valence-electron chi connectivity index (χ4n) is 2.81. The van der Waals surface area contributed by atoms with E-state index in [4.69, 9.17) is 4.42 Å². The Hall–Kier alpha value is -1.58. The van der Waals surface area contributed by atoms with Gasteiger partial charge in [0, 0.05) is 30.6 Å². The average molecular weight is 270 g/mol. The maximum absolute atomic E-state index is 6.00. The predicted molar refractivity (Wildman–Crippen MR) is 82.6 cm³/mol. The zero-order valence-electron chi connectivity index (χ0n) is 12.3. The molecule has 3 heteroatoms. The molecule has 106 valence electrons. The largest absolute Gasteiger partial charge is 0.459 e. The van der Waals surface area contributed by atoms with Crippen LogP contribution in [0.15, 0.2) is 40.3 Å². The van der Waals surface area contributed by atoms with Crippen molar-refractivity contribution in [1.82, 2.24) is 10.2 Å². The van der Waals surface area contributed by atoms with Gasteiger partial charge in [-0.1, -0.05) is 29.8 Å². The van der Waals surface area contributed by atoms with E-state index in [0.29, 0.717) is 0 Å². The first-order chi connectivity index (χ1) is 9.78. The second-order valence-electron chi connectivity index (χ2n) is 5.57. The number of para-hydroxylation sites is 1. The van der Waals surface area contributed by atoms with Crippen molar-refractivity contribution >= 4 is 11.0 Å². The summed E-state index contributed by atoms with van der Waals surface area (Å²) in [5, 5.41) is 4.46. The van der Waals surface area contributed by atoms with Gasteiger partial charge in [-0.25, -0.2) is 0 Å². The topological polar surface area (TPSA) is 28.4 Å². The minimum Gasteiger partial charge on any atom is -0.459 e. The highest BCUT2D eigenvalue weighted by Crippen LogP contribution is 2.27. The molecule has 0 fully saturated rings. The molecule has 0 bridgehead atoms. The van der Waals surface area contributed by atoms with E-state index in [1.807, 2.05) is 13.1 Å². The van der Waals surface area contributed by atoms with Crippen molar-refractivity contribution in [3.63, 3.8) is 0 Å². The summed E-state index contributed by atoms with van der Waals surface area (Å²) in [5.74, 6) is 1.07. The normalized spacial score (nSPS) is 16.6. The molecular formula is C17H22N2O. The third-order valence-electron chi connectivity index (χ3n) is 4.02. The monoisotopic (exact) mass is 270 g/mol. The molecule has 3 nitrogen and oxygen atoms in total. The van der Waals surface area contributed by atoms with Gasteiger partial charge >= 0.3 is 0 Å². The van der Waals surface area contributed by atoms with E-state index in [1.165, 1.54) is 22.9 Å². The summed E-state index contributed by atoms with van der Waals surface area (Å²) in [6.45, 7) is 6.16. The Bertz CT molecular complexity index is 627. The number of furan rings is 1. The van der Waals surface area contributed by atoms with Crippen molar-refractivity contribution in [2.24, 2.45) is 0 Å². The number of nitrogens with zero attached hydrogens (tertiary/aromatic N) is 1. The minimum absolute atomic E-state index is 0.784. The van der Waals surface area contributed by atoms with Crippen LogP contribution in [-0.2, 0) is 13.1 Å². The summed E-state index contributed by atoms with van der Waals surface area (Å²) in [4.78, 5) is 2.49. The first-order valence-corrected chi connectivity index (χ1v) is 7.30. The van der Waals surface area contributed by atoms with Crippen LogP contribution in [-0.4, -0.2) is 25.0 Å². The van der Waals surface area contributed by atoms with Crippen LogP contribution in [0, 0.1) is 0 Å². The number of rotatable bonds is 4. The molecule has 2 aromatic rings. The number of fused-ring (bicyclic) bond motifs is 1. The zero-order valence-corrected chi connectivity index (χ0v) is 12.3. The van der Waals surface area contributed by atoms with Crippen LogP contribution in [0.25, 0.3) is 11.0 Å². The van der Waals surface area contributed by atoms with Gasteiger partial charge in [-0.15, -0.1) is 0 Å². The van der Waals surface area contributed by atoms with Crippen molar-refractivity contribution in [3.8, 4) is 0 Å². The lowest BCUT2D eigenvalue weighted by molar-refractivity contribution is 0.284. The van der Waals surface area contributed by atoms with Crippen molar-refractivity contribution in [1.29, 1.82) is 0 Å². The second kappa shape index (κ2) is 5.81. The summed E-state index contributed by atoms with van der Waals surface area (Å²) in [5.41, 5.74) is 3.84. The van der Waals surface area contributed by atoms with Crippen molar-refractivity contribution in [2.45, 2.75) is 26.4 Å². The van der Waals surface area contributed by atoms with Gasteiger partial charge in [-0.05, 0) is 26.5 Å². The molecule has 20 heavy (non-hydrogen) atoms. The van der Waals surface area contributed by atoms with Crippen LogP contribution in [0.2, 0.25) is 0 Å². The first-order valence-electron chi connectivity index (χ1n) is 7.30. The quantitative estimate of drug-likeness (QED) is 0.864. The summed E-state index contributed by atoms with van der Waals surface area (Å²) in [6.07, 6.45) is 3.51. The third kappa shape index (κ3) is 2.65. The number of hydrogen-bond acceptors (Lipinski definition) is 3. The molecule has 2 heterocycles. The van der Waals surface area contributed by atoms with Gasteiger partial charge in [0.05, 0.1) is 6.54 Å². The van der Waals surface area contributed by atoms with Gasteiger partial charge in [-0.2, -0.15) is 0 Å². The Labute approximate surface area is 120 Å². The molecule has 3 rings (SSSR count). The molecule has 0 saturated carbocycles. The fraction of sp³-hybridized carbons (Fsp3) is 0.412. The predicted octanol–water partition coefficient (Wildman–Crippen LogP) is 3.30. The lowest BCUT2D eigenvalue weighted by Crippen LogP contribution is -2.28. The molecule has 1 aromatic heterocycles. The van der Waals surface area contributed by atoms with E-state index in [0.717, 1.165) is 37.5 Å². The van der Waals surface area contributed by atoms with Crippen LogP contribution in [0.1, 0.15) is 24.7 Å². The van der Waals surface area contributed by atoms with Crippen LogP contribution in [0.3, 0.4) is 0 Å². The molecule has 1 aliphatic heterocycles. The number of nitrogens with one attached hydrogen (secondary N) is 1. The summed E-state index contributed by atoms with van der Waals surface area (Å²) >= 11 is 0. The Morgan fingerprint density at radius 3 is 2.90 bits per heavy atom. The van der Waals surface area contributed by atoms with E-state index in [1.54, 1.807) is 0 Å². The van der Waals surface area contributed by atoms with Gasteiger partial charge in [0.2, 0.25) is 0 Å². The zero-order chi connectivity index (χ0) is 13.9. The fourth-order valence-corrected chi connectivity index (χ4v) is 2.81. The lowest BCUT2D eigenvalue weighted by Gasteiger charge is -2.25. The Kier molecular flexibility index (Phi) is 3.90. The van der Waals surface area contributed by atoms with E-state index in [-0.39, 0.29) is 0 Å². The minimum atomic E-state index is 0.784. The van der Waals surface area contributed by atoms with Gasteiger partial charge in [0.1, 0.15) is 11.3 Å². The number of benzene rings is 1. The van der Waals surface area contributed by atoms with Crippen LogP contribution >= 0.6 is 0 Å².